The Labute approximate surface area is 54.5 Å². The first-order chi connectivity index (χ1) is 4.22. The lowest BCUT2D eigenvalue weighted by molar-refractivity contribution is 0.302. The zero-order valence-corrected chi connectivity index (χ0v) is 5.48. The number of rotatable bonds is 3. The smallest absolute Gasteiger partial charge is 0.210 e. The van der Waals surface area contributed by atoms with Gasteiger partial charge >= 0.3 is 0 Å². The molecule has 0 spiro atoms. The fourth-order valence-electron chi connectivity index (χ4n) is 0.318. The van der Waals surface area contributed by atoms with Crippen molar-refractivity contribution in [3.8, 4) is 0 Å². The molecule has 52 valence electrons. The van der Waals surface area contributed by atoms with Crippen LogP contribution in [0.1, 0.15) is 6.92 Å². The molecular formula is C6H11NO2. The van der Waals surface area contributed by atoms with Gasteiger partial charge in [-0.2, -0.15) is 0 Å². The molecule has 0 aliphatic carbocycles. The summed E-state index contributed by atoms with van der Waals surface area (Å²) in [5.41, 5.74) is 0.317. The van der Waals surface area contributed by atoms with Crippen LogP contribution in [0.5, 0.6) is 0 Å². The number of ether oxygens (including phenoxy) is 1. The van der Waals surface area contributed by atoms with Crippen molar-refractivity contribution < 1.29 is 9.84 Å². The van der Waals surface area contributed by atoms with Crippen LogP contribution in [0, 0.1) is 5.41 Å². The maximum absolute atomic E-state index is 8.41. The Hall–Kier alpha value is -0.830. The van der Waals surface area contributed by atoms with Gasteiger partial charge in [0.2, 0.25) is 5.90 Å². The summed E-state index contributed by atoms with van der Waals surface area (Å²) in [6, 6.07) is 0. The molecule has 0 radical (unpaired) electrons. The molecule has 0 heterocycles. The summed E-state index contributed by atoms with van der Waals surface area (Å²) >= 11 is 0. The van der Waals surface area contributed by atoms with E-state index in [-0.39, 0.29) is 12.5 Å². The van der Waals surface area contributed by atoms with Crippen LogP contribution in [0.4, 0.5) is 0 Å². The van der Waals surface area contributed by atoms with Crippen LogP contribution < -0.4 is 0 Å². The Morgan fingerprint density at radius 1 is 1.78 bits per heavy atom. The monoisotopic (exact) mass is 129 g/mol. The second-order valence-electron chi connectivity index (χ2n) is 1.52. The molecule has 0 aromatic rings. The van der Waals surface area contributed by atoms with Gasteiger partial charge in [-0.05, 0) is 6.92 Å². The first kappa shape index (κ1) is 8.17. The molecule has 0 bridgehead atoms. The minimum atomic E-state index is -0.209. The molecule has 0 amide bonds. The van der Waals surface area contributed by atoms with E-state index in [0.29, 0.717) is 12.2 Å². The van der Waals surface area contributed by atoms with Gasteiger partial charge in [0, 0.05) is 5.57 Å². The Kier molecular flexibility index (Phi) is 3.71. The van der Waals surface area contributed by atoms with Crippen molar-refractivity contribution in [1.29, 1.82) is 5.41 Å². The number of hydrogen-bond donors (Lipinski definition) is 2. The molecule has 0 fully saturated rings. The average Bonchev–Trinajstić information content (AvgIpc) is 1.87. The molecular weight excluding hydrogens is 118 g/mol. The SMILES string of the molecule is C=C(CO)C(=N)OCC. The minimum Gasteiger partial charge on any atom is -0.478 e. The van der Waals surface area contributed by atoms with Gasteiger partial charge in [-0.1, -0.05) is 6.58 Å². The number of aliphatic hydroxyl groups is 1. The third-order valence-corrected chi connectivity index (χ3v) is 0.801. The van der Waals surface area contributed by atoms with Gasteiger partial charge < -0.3 is 9.84 Å². The molecule has 0 rings (SSSR count). The lowest BCUT2D eigenvalue weighted by Gasteiger charge is -2.03. The van der Waals surface area contributed by atoms with Crippen molar-refractivity contribution >= 4 is 5.90 Å². The maximum Gasteiger partial charge on any atom is 0.210 e. The molecule has 3 nitrogen and oxygen atoms in total. The van der Waals surface area contributed by atoms with Gasteiger partial charge in [0.05, 0.1) is 13.2 Å². The van der Waals surface area contributed by atoms with E-state index in [1.165, 1.54) is 0 Å². The highest BCUT2D eigenvalue weighted by Crippen LogP contribution is 1.91. The van der Waals surface area contributed by atoms with Crippen LogP contribution >= 0.6 is 0 Å². The summed E-state index contributed by atoms with van der Waals surface area (Å²) in [6.07, 6.45) is 0. The molecule has 0 aromatic heterocycles. The number of aliphatic hydroxyl groups excluding tert-OH is 1. The van der Waals surface area contributed by atoms with E-state index in [1.807, 2.05) is 0 Å². The highest BCUT2D eigenvalue weighted by atomic mass is 16.5. The lowest BCUT2D eigenvalue weighted by Crippen LogP contribution is -2.08. The summed E-state index contributed by atoms with van der Waals surface area (Å²) in [5.74, 6) is -0.0278. The average molecular weight is 129 g/mol. The van der Waals surface area contributed by atoms with Crippen LogP contribution in [0.2, 0.25) is 0 Å². The van der Waals surface area contributed by atoms with Gasteiger partial charge in [-0.25, -0.2) is 0 Å². The molecule has 0 aromatic carbocycles. The largest absolute Gasteiger partial charge is 0.478 e. The van der Waals surface area contributed by atoms with Gasteiger partial charge in [0.25, 0.3) is 0 Å². The van der Waals surface area contributed by atoms with E-state index in [0.717, 1.165) is 0 Å². The van der Waals surface area contributed by atoms with E-state index in [1.54, 1.807) is 6.92 Å². The van der Waals surface area contributed by atoms with Crippen LogP contribution in [0.3, 0.4) is 0 Å². The Morgan fingerprint density at radius 2 is 2.33 bits per heavy atom. The highest BCUT2D eigenvalue weighted by Gasteiger charge is 1.98. The molecule has 3 heteroatoms. The summed E-state index contributed by atoms with van der Waals surface area (Å²) in [6.45, 7) is 5.40. The standard InChI is InChI=1S/C6H11NO2/c1-3-9-6(7)5(2)4-8/h7-8H,2-4H2,1H3. The normalized spacial score (nSPS) is 8.67. The fraction of sp³-hybridized carbons (Fsp3) is 0.500. The quantitative estimate of drug-likeness (QED) is 0.432. The van der Waals surface area contributed by atoms with E-state index < -0.39 is 0 Å². The topological polar surface area (TPSA) is 53.3 Å². The van der Waals surface area contributed by atoms with Crippen molar-refractivity contribution in [2.24, 2.45) is 0 Å². The predicted octanol–water partition coefficient (Wildman–Crippen LogP) is 0.549. The van der Waals surface area contributed by atoms with E-state index in [2.05, 4.69) is 6.58 Å². The van der Waals surface area contributed by atoms with E-state index in [9.17, 15) is 0 Å². The molecule has 0 atom stereocenters. The first-order valence-corrected chi connectivity index (χ1v) is 2.72. The molecule has 0 aliphatic heterocycles. The number of hydrogen-bond acceptors (Lipinski definition) is 3. The van der Waals surface area contributed by atoms with Crippen molar-refractivity contribution in [3.63, 3.8) is 0 Å². The number of nitrogens with one attached hydrogen (secondary N) is 1. The van der Waals surface area contributed by atoms with Gasteiger partial charge in [-0.15, -0.1) is 0 Å². The molecule has 0 aliphatic rings. The van der Waals surface area contributed by atoms with Crippen LogP contribution in [0.25, 0.3) is 0 Å². The Bertz CT molecular complexity index is 120. The van der Waals surface area contributed by atoms with E-state index in [4.69, 9.17) is 15.3 Å². The zero-order valence-electron chi connectivity index (χ0n) is 5.48. The third-order valence-electron chi connectivity index (χ3n) is 0.801. The van der Waals surface area contributed by atoms with E-state index >= 15 is 0 Å². The lowest BCUT2D eigenvalue weighted by atomic mass is 10.3. The summed E-state index contributed by atoms with van der Waals surface area (Å²) in [4.78, 5) is 0. The predicted molar refractivity (Wildman–Crippen MR) is 35.6 cm³/mol. The van der Waals surface area contributed by atoms with Crippen LogP contribution in [0.15, 0.2) is 12.2 Å². The summed E-state index contributed by atoms with van der Waals surface area (Å²) in [5, 5.41) is 15.4. The van der Waals surface area contributed by atoms with Crippen LogP contribution in [-0.4, -0.2) is 24.2 Å². The molecule has 2 N–H and O–H groups in total. The molecule has 0 saturated heterocycles. The minimum absolute atomic E-state index is 0.0278. The summed E-state index contributed by atoms with van der Waals surface area (Å²) < 4.78 is 4.72. The van der Waals surface area contributed by atoms with Gasteiger partial charge in [0.1, 0.15) is 0 Å². The maximum atomic E-state index is 8.41. The molecule has 9 heavy (non-hydrogen) atoms. The van der Waals surface area contributed by atoms with Gasteiger partial charge in [0.15, 0.2) is 0 Å². The second-order valence-corrected chi connectivity index (χ2v) is 1.52. The summed E-state index contributed by atoms with van der Waals surface area (Å²) in [7, 11) is 0. The van der Waals surface area contributed by atoms with Crippen molar-refractivity contribution in [1.82, 2.24) is 0 Å². The van der Waals surface area contributed by atoms with Crippen molar-refractivity contribution in [2.75, 3.05) is 13.2 Å². The zero-order chi connectivity index (χ0) is 7.28. The molecule has 0 saturated carbocycles. The van der Waals surface area contributed by atoms with Crippen molar-refractivity contribution in [2.45, 2.75) is 6.92 Å². The first-order valence-electron chi connectivity index (χ1n) is 2.72. The fourth-order valence-corrected chi connectivity index (χ4v) is 0.318. The highest BCUT2D eigenvalue weighted by molar-refractivity contribution is 5.90. The Balaban J connectivity index is 3.60. The Morgan fingerprint density at radius 3 is 2.67 bits per heavy atom. The van der Waals surface area contributed by atoms with Crippen molar-refractivity contribution in [3.05, 3.63) is 12.2 Å². The van der Waals surface area contributed by atoms with Crippen LogP contribution in [-0.2, 0) is 4.74 Å². The molecule has 0 unspecified atom stereocenters. The second kappa shape index (κ2) is 4.09. The third kappa shape index (κ3) is 2.87. The van der Waals surface area contributed by atoms with Gasteiger partial charge in [-0.3, -0.25) is 5.41 Å².